The summed E-state index contributed by atoms with van der Waals surface area (Å²) >= 11 is 0. The molecule has 1 fully saturated rings. The number of alkyl carbamates (subject to hydrolysis) is 1. The molecule has 0 bridgehead atoms. The van der Waals surface area contributed by atoms with Crippen molar-refractivity contribution in [1.82, 2.24) is 5.32 Å². The van der Waals surface area contributed by atoms with Crippen molar-refractivity contribution in [3.05, 3.63) is 0 Å². The Labute approximate surface area is 115 Å². The SMILES string of the molecule is CC[C@]1(CO)CC[C@H](NC(=O)OC(C)(C)C)[C@H](C)O1. The Bertz CT molecular complexity index is 307. The van der Waals surface area contributed by atoms with Crippen molar-refractivity contribution in [2.75, 3.05) is 6.61 Å². The fourth-order valence-electron chi connectivity index (χ4n) is 2.33. The zero-order valence-electron chi connectivity index (χ0n) is 12.7. The van der Waals surface area contributed by atoms with Crippen LogP contribution in [0.2, 0.25) is 0 Å². The Balaban J connectivity index is 2.52. The molecule has 0 aromatic carbocycles. The minimum absolute atomic E-state index is 0.0208. The van der Waals surface area contributed by atoms with Gasteiger partial charge in [0.2, 0.25) is 0 Å². The molecule has 112 valence electrons. The van der Waals surface area contributed by atoms with E-state index in [9.17, 15) is 9.90 Å². The Kier molecular flexibility index (Phi) is 5.21. The maximum atomic E-state index is 11.7. The van der Waals surface area contributed by atoms with Gasteiger partial charge in [0.05, 0.1) is 24.4 Å². The summed E-state index contributed by atoms with van der Waals surface area (Å²) < 4.78 is 11.1. The summed E-state index contributed by atoms with van der Waals surface area (Å²) in [4.78, 5) is 11.7. The highest BCUT2D eigenvalue weighted by Gasteiger charge is 2.39. The second-order valence-corrected chi connectivity index (χ2v) is 6.31. The van der Waals surface area contributed by atoms with E-state index in [0.29, 0.717) is 0 Å². The third-order valence-electron chi connectivity index (χ3n) is 3.55. The highest BCUT2D eigenvalue weighted by molar-refractivity contribution is 5.68. The normalized spacial score (nSPS) is 31.9. The van der Waals surface area contributed by atoms with Gasteiger partial charge in [-0.1, -0.05) is 6.92 Å². The zero-order valence-corrected chi connectivity index (χ0v) is 12.7. The van der Waals surface area contributed by atoms with Gasteiger partial charge in [-0.25, -0.2) is 4.79 Å². The molecule has 5 heteroatoms. The fraction of sp³-hybridized carbons (Fsp3) is 0.929. The van der Waals surface area contributed by atoms with Crippen molar-refractivity contribution in [3.63, 3.8) is 0 Å². The van der Waals surface area contributed by atoms with Crippen LogP contribution in [0, 0.1) is 0 Å². The molecule has 0 radical (unpaired) electrons. The number of aliphatic hydroxyl groups excluding tert-OH is 1. The van der Waals surface area contributed by atoms with E-state index in [2.05, 4.69) is 5.32 Å². The van der Waals surface area contributed by atoms with Crippen LogP contribution in [-0.4, -0.2) is 41.2 Å². The van der Waals surface area contributed by atoms with E-state index in [-0.39, 0.29) is 18.8 Å². The Morgan fingerprint density at radius 1 is 1.53 bits per heavy atom. The minimum atomic E-state index is -0.499. The van der Waals surface area contributed by atoms with Gasteiger partial charge in [0, 0.05) is 0 Å². The number of ether oxygens (including phenoxy) is 2. The number of nitrogens with one attached hydrogen (secondary N) is 1. The molecule has 0 unspecified atom stereocenters. The lowest BCUT2D eigenvalue weighted by Gasteiger charge is -2.42. The molecule has 1 aliphatic rings. The number of hydrogen-bond donors (Lipinski definition) is 2. The first-order chi connectivity index (χ1) is 8.71. The molecule has 1 heterocycles. The van der Waals surface area contributed by atoms with Crippen LogP contribution >= 0.6 is 0 Å². The van der Waals surface area contributed by atoms with Crippen molar-refractivity contribution in [2.45, 2.75) is 77.2 Å². The van der Waals surface area contributed by atoms with Crippen molar-refractivity contribution < 1.29 is 19.4 Å². The Morgan fingerprint density at radius 2 is 2.16 bits per heavy atom. The smallest absolute Gasteiger partial charge is 0.407 e. The van der Waals surface area contributed by atoms with Crippen molar-refractivity contribution in [1.29, 1.82) is 0 Å². The Morgan fingerprint density at radius 3 is 2.58 bits per heavy atom. The van der Waals surface area contributed by atoms with Gasteiger partial charge in [0.15, 0.2) is 0 Å². The number of carbonyl (C=O) groups excluding carboxylic acids is 1. The molecule has 2 N–H and O–H groups in total. The van der Waals surface area contributed by atoms with Crippen LogP contribution in [0.4, 0.5) is 4.79 Å². The second kappa shape index (κ2) is 6.09. The van der Waals surface area contributed by atoms with Gasteiger partial charge in [-0.3, -0.25) is 0 Å². The average molecular weight is 273 g/mol. The molecular weight excluding hydrogens is 246 g/mol. The van der Waals surface area contributed by atoms with E-state index in [0.717, 1.165) is 19.3 Å². The van der Waals surface area contributed by atoms with Crippen LogP contribution in [0.1, 0.15) is 53.9 Å². The number of aliphatic hydroxyl groups is 1. The van der Waals surface area contributed by atoms with Gasteiger partial charge in [-0.15, -0.1) is 0 Å². The molecule has 19 heavy (non-hydrogen) atoms. The fourth-order valence-corrected chi connectivity index (χ4v) is 2.33. The first kappa shape index (κ1) is 16.2. The van der Waals surface area contributed by atoms with Crippen LogP contribution in [0.5, 0.6) is 0 Å². The van der Waals surface area contributed by atoms with Gasteiger partial charge >= 0.3 is 6.09 Å². The van der Waals surface area contributed by atoms with Crippen molar-refractivity contribution in [2.24, 2.45) is 0 Å². The molecule has 1 saturated heterocycles. The minimum Gasteiger partial charge on any atom is -0.444 e. The van der Waals surface area contributed by atoms with E-state index in [1.807, 2.05) is 34.6 Å². The van der Waals surface area contributed by atoms with Gasteiger partial charge < -0.3 is 19.9 Å². The van der Waals surface area contributed by atoms with Crippen LogP contribution < -0.4 is 5.32 Å². The molecule has 3 atom stereocenters. The molecule has 1 aliphatic heterocycles. The highest BCUT2D eigenvalue weighted by Crippen LogP contribution is 2.31. The highest BCUT2D eigenvalue weighted by atomic mass is 16.6. The van der Waals surface area contributed by atoms with Gasteiger partial charge in [-0.2, -0.15) is 0 Å². The van der Waals surface area contributed by atoms with Crippen molar-refractivity contribution >= 4 is 6.09 Å². The summed E-state index contributed by atoms with van der Waals surface area (Å²) in [5, 5.41) is 12.3. The molecular formula is C14H27NO4. The summed E-state index contributed by atoms with van der Waals surface area (Å²) in [5.74, 6) is 0. The standard InChI is InChI=1S/C14H27NO4/c1-6-14(9-16)8-7-11(10(2)18-14)15-12(17)19-13(3,4)5/h10-11,16H,6-9H2,1-5H3,(H,15,17)/t10-,11-,14+/m0/s1. The third-order valence-corrected chi connectivity index (χ3v) is 3.55. The molecule has 0 aromatic heterocycles. The Hall–Kier alpha value is -0.810. The summed E-state index contributed by atoms with van der Waals surface area (Å²) in [6.45, 7) is 9.45. The third kappa shape index (κ3) is 4.66. The predicted octanol–water partition coefficient (Wildman–Crippen LogP) is 2.22. The first-order valence-corrected chi connectivity index (χ1v) is 6.99. The predicted molar refractivity (Wildman–Crippen MR) is 73.0 cm³/mol. The molecule has 0 saturated carbocycles. The summed E-state index contributed by atoms with van der Waals surface area (Å²) in [6, 6.07) is -0.0684. The lowest BCUT2D eigenvalue weighted by molar-refractivity contribution is -0.156. The number of carbonyl (C=O) groups is 1. The molecule has 0 aliphatic carbocycles. The largest absolute Gasteiger partial charge is 0.444 e. The first-order valence-electron chi connectivity index (χ1n) is 6.99. The van der Waals surface area contributed by atoms with Gasteiger partial charge in [0.1, 0.15) is 5.60 Å². The lowest BCUT2D eigenvalue weighted by atomic mass is 9.87. The molecule has 1 amide bonds. The zero-order chi connectivity index (χ0) is 14.7. The average Bonchev–Trinajstić information content (AvgIpc) is 2.29. The summed E-state index contributed by atoms with van der Waals surface area (Å²) in [5.41, 5.74) is -0.952. The van der Waals surface area contributed by atoms with Gasteiger partial charge in [-0.05, 0) is 47.0 Å². The van der Waals surface area contributed by atoms with Crippen LogP contribution in [0.3, 0.4) is 0 Å². The molecule has 0 aromatic rings. The molecule has 1 rings (SSSR count). The maximum absolute atomic E-state index is 11.7. The molecule has 0 spiro atoms. The monoisotopic (exact) mass is 273 g/mol. The van der Waals surface area contributed by atoms with E-state index < -0.39 is 17.3 Å². The van der Waals surface area contributed by atoms with E-state index in [1.165, 1.54) is 0 Å². The maximum Gasteiger partial charge on any atom is 0.407 e. The van der Waals surface area contributed by atoms with E-state index in [4.69, 9.17) is 9.47 Å². The second-order valence-electron chi connectivity index (χ2n) is 6.31. The summed E-state index contributed by atoms with van der Waals surface area (Å²) in [7, 11) is 0. The van der Waals surface area contributed by atoms with Crippen LogP contribution in [0.15, 0.2) is 0 Å². The number of hydrogen-bond acceptors (Lipinski definition) is 4. The van der Waals surface area contributed by atoms with E-state index >= 15 is 0 Å². The molecule has 5 nitrogen and oxygen atoms in total. The quantitative estimate of drug-likeness (QED) is 0.827. The number of amides is 1. The van der Waals surface area contributed by atoms with Crippen LogP contribution in [-0.2, 0) is 9.47 Å². The van der Waals surface area contributed by atoms with Crippen molar-refractivity contribution in [3.8, 4) is 0 Å². The summed E-state index contributed by atoms with van der Waals surface area (Å²) in [6.07, 6.45) is 1.75. The topological polar surface area (TPSA) is 67.8 Å². The van der Waals surface area contributed by atoms with E-state index in [1.54, 1.807) is 0 Å². The number of rotatable bonds is 3. The van der Waals surface area contributed by atoms with Gasteiger partial charge in [0.25, 0.3) is 0 Å². The lowest BCUT2D eigenvalue weighted by Crippen LogP contribution is -2.54. The van der Waals surface area contributed by atoms with Crippen LogP contribution in [0.25, 0.3) is 0 Å².